The Balaban J connectivity index is 1.44. The van der Waals surface area contributed by atoms with Crippen LogP contribution in [0.3, 0.4) is 0 Å². The molecule has 10 nitrogen and oxygen atoms in total. The normalized spacial score (nSPS) is 11.7. The lowest BCUT2D eigenvalue weighted by Gasteiger charge is -2.13. The highest BCUT2D eigenvalue weighted by Gasteiger charge is 2.22. The number of hydrogen-bond acceptors (Lipinski definition) is 9. The van der Waals surface area contributed by atoms with Crippen LogP contribution in [0.15, 0.2) is 60.2 Å². The van der Waals surface area contributed by atoms with Crippen molar-refractivity contribution in [1.29, 1.82) is 0 Å². The van der Waals surface area contributed by atoms with E-state index in [1.165, 1.54) is 31.5 Å². The molecule has 0 aliphatic heterocycles. The molecule has 11 heteroatoms. The van der Waals surface area contributed by atoms with E-state index in [9.17, 15) is 19.7 Å². The van der Waals surface area contributed by atoms with Crippen LogP contribution >= 0.6 is 11.3 Å². The summed E-state index contributed by atoms with van der Waals surface area (Å²) < 4.78 is 5.30. The number of para-hydroxylation sites is 1. The van der Waals surface area contributed by atoms with Crippen LogP contribution in [0.2, 0.25) is 0 Å². The highest BCUT2D eigenvalue weighted by molar-refractivity contribution is 7.14. The summed E-state index contributed by atoms with van der Waals surface area (Å²) in [6.45, 7) is 1.44. The predicted molar refractivity (Wildman–Crippen MR) is 117 cm³/mol. The molecule has 0 saturated heterocycles. The molecule has 160 valence electrons. The summed E-state index contributed by atoms with van der Waals surface area (Å²) in [7, 11) is 0. The van der Waals surface area contributed by atoms with Gasteiger partial charge in [-0.15, -0.1) is 11.3 Å². The van der Waals surface area contributed by atoms with E-state index >= 15 is 0 Å². The summed E-state index contributed by atoms with van der Waals surface area (Å²) in [5, 5.41) is 15.5. The second-order valence-corrected chi connectivity index (χ2v) is 7.47. The number of amides is 1. The lowest BCUT2D eigenvalue weighted by molar-refractivity contribution is -0.384. The maximum Gasteiger partial charge on any atom is 0.341 e. The van der Waals surface area contributed by atoms with Gasteiger partial charge in [0.05, 0.1) is 21.7 Å². The fourth-order valence-corrected chi connectivity index (χ4v) is 3.61. The average Bonchev–Trinajstić information content (AvgIpc) is 3.27. The lowest BCUT2D eigenvalue weighted by atomic mass is 10.1. The monoisotopic (exact) mass is 449 g/mol. The van der Waals surface area contributed by atoms with Gasteiger partial charge in [0.1, 0.15) is 5.52 Å². The Morgan fingerprint density at radius 1 is 1.16 bits per heavy atom. The van der Waals surface area contributed by atoms with Crippen molar-refractivity contribution in [2.45, 2.75) is 13.0 Å². The zero-order chi connectivity index (χ0) is 22.7. The zero-order valence-electron chi connectivity index (χ0n) is 16.6. The fourth-order valence-electron chi connectivity index (χ4n) is 2.88. The van der Waals surface area contributed by atoms with E-state index in [-0.39, 0.29) is 16.4 Å². The van der Waals surface area contributed by atoms with E-state index < -0.39 is 22.9 Å². The number of hydrogen-bond donors (Lipinski definition) is 1. The largest absolute Gasteiger partial charge is 0.449 e. The zero-order valence-corrected chi connectivity index (χ0v) is 17.4. The van der Waals surface area contributed by atoms with Crippen LogP contribution in [0.4, 0.5) is 10.8 Å². The van der Waals surface area contributed by atoms with Gasteiger partial charge < -0.3 is 4.74 Å². The molecule has 0 fully saturated rings. The van der Waals surface area contributed by atoms with Gasteiger partial charge in [0, 0.05) is 35.5 Å². The van der Waals surface area contributed by atoms with Gasteiger partial charge in [-0.3, -0.25) is 30.2 Å². The highest BCUT2D eigenvalue weighted by Crippen LogP contribution is 2.27. The number of rotatable bonds is 6. The topological polar surface area (TPSA) is 137 Å². The summed E-state index contributed by atoms with van der Waals surface area (Å²) in [4.78, 5) is 48.1. The van der Waals surface area contributed by atoms with Crippen molar-refractivity contribution >= 4 is 45.1 Å². The van der Waals surface area contributed by atoms with Gasteiger partial charge in [-0.2, -0.15) is 0 Å². The van der Waals surface area contributed by atoms with Crippen LogP contribution in [-0.2, 0) is 9.53 Å². The fraction of sp³-hybridized carbons (Fsp3) is 0.0952. The second-order valence-electron chi connectivity index (χ2n) is 6.61. The second kappa shape index (κ2) is 8.86. The predicted octanol–water partition coefficient (Wildman–Crippen LogP) is 3.85. The molecular weight excluding hydrogens is 434 g/mol. The number of nitro groups is 1. The van der Waals surface area contributed by atoms with Crippen LogP contribution < -0.4 is 5.32 Å². The van der Waals surface area contributed by atoms with Crippen LogP contribution in [0.5, 0.6) is 0 Å². The Hall–Kier alpha value is -4.25. The maximum atomic E-state index is 12.6. The summed E-state index contributed by atoms with van der Waals surface area (Å²) in [6, 6.07) is 11.0. The Labute approximate surface area is 185 Å². The van der Waals surface area contributed by atoms with Crippen molar-refractivity contribution in [2.24, 2.45) is 0 Å². The average molecular weight is 449 g/mol. The number of nitro benzene ring substituents is 1. The number of carbonyl (C=O) groups excluding carboxylic acids is 2. The smallest absolute Gasteiger partial charge is 0.341 e. The van der Waals surface area contributed by atoms with Crippen LogP contribution in [0.1, 0.15) is 17.3 Å². The summed E-state index contributed by atoms with van der Waals surface area (Å²) in [5.74, 6) is -1.26. The number of aromatic nitrogens is 3. The molecule has 0 bridgehead atoms. The molecule has 2 aromatic heterocycles. The first-order valence-electron chi connectivity index (χ1n) is 9.34. The number of anilines is 1. The molecule has 1 amide bonds. The van der Waals surface area contributed by atoms with E-state index in [2.05, 4.69) is 20.3 Å². The van der Waals surface area contributed by atoms with Gasteiger partial charge in [0.15, 0.2) is 11.2 Å². The molecule has 0 aliphatic rings. The van der Waals surface area contributed by atoms with Gasteiger partial charge in [0.25, 0.3) is 11.6 Å². The first-order chi connectivity index (χ1) is 15.4. The number of non-ortho nitro benzene ring substituents is 1. The Kier molecular flexibility index (Phi) is 5.81. The number of esters is 1. The minimum absolute atomic E-state index is 0.0558. The highest BCUT2D eigenvalue weighted by atomic mass is 32.1. The molecule has 0 radical (unpaired) electrons. The third-order valence-corrected chi connectivity index (χ3v) is 5.22. The standard InChI is InChI=1S/C21H15N5O5S/c1-12(31-20(28)15-6-3-7-16-18(15)23-9-8-22-16)19(27)25-21-24-17(11-32-21)13-4-2-5-14(10-13)26(29)30/h2-12H,1H3,(H,24,25,27). The number of nitrogens with one attached hydrogen (secondary N) is 1. The third kappa shape index (κ3) is 4.42. The van der Waals surface area contributed by atoms with Crippen LogP contribution in [0.25, 0.3) is 22.3 Å². The number of fused-ring (bicyclic) bond motifs is 1. The molecule has 32 heavy (non-hydrogen) atoms. The number of ether oxygens (including phenoxy) is 1. The molecule has 2 aromatic carbocycles. The van der Waals surface area contributed by atoms with Crippen molar-refractivity contribution in [3.63, 3.8) is 0 Å². The summed E-state index contributed by atoms with van der Waals surface area (Å²) >= 11 is 1.15. The van der Waals surface area contributed by atoms with Crippen molar-refractivity contribution in [2.75, 3.05) is 5.32 Å². The molecule has 0 saturated carbocycles. The van der Waals surface area contributed by atoms with Gasteiger partial charge in [-0.1, -0.05) is 18.2 Å². The molecule has 4 aromatic rings. The number of carbonyl (C=O) groups is 2. The first kappa shape index (κ1) is 21.0. The molecule has 0 spiro atoms. The van der Waals surface area contributed by atoms with Crippen molar-refractivity contribution in [3.8, 4) is 11.3 Å². The van der Waals surface area contributed by atoms with E-state index in [0.717, 1.165) is 11.3 Å². The Morgan fingerprint density at radius 2 is 1.94 bits per heavy atom. The Morgan fingerprint density at radius 3 is 2.75 bits per heavy atom. The minimum atomic E-state index is -1.10. The van der Waals surface area contributed by atoms with Crippen LogP contribution in [-0.4, -0.2) is 37.9 Å². The summed E-state index contributed by atoms with van der Waals surface area (Å²) in [5.41, 5.74) is 2.10. The lowest BCUT2D eigenvalue weighted by Crippen LogP contribution is -2.30. The molecular formula is C21H15N5O5S. The van der Waals surface area contributed by atoms with Crippen LogP contribution in [0, 0.1) is 10.1 Å². The third-order valence-electron chi connectivity index (χ3n) is 4.46. The molecule has 0 aliphatic carbocycles. The first-order valence-corrected chi connectivity index (χ1v) is 10.2. The van der Waals surface area contributed by atoms with Gasteiger partial charge in [0.2, 0.25) is 0 Å². The van der Waals surface area contributed by atoms with Crippen molar-refractivity contribution in [1.82, 2.24) is 15.0 Å². The van der Waals surface area contributed by atoms with E-state index in [1.807, 2.05) is 0 Å². The van der Waals surface area contributed by atoms with E-state index in [4.69, 9.17) is 4.74 Å². The number of thiazole rings is 1. The van der Waals surface area contributed by atoms with Gasteiger partial charge >= 0.3 is 5.97 Å². The SMILES string of the molecule is CC(OC(=O)c1cccc2nccnc12)C(=O)Nc1nc(-c2cccc([N+](=O)[O-])c2)cs1. The number of nitrogens with zero attached hydrogens (tertiary/aromatic N) is 4. The maximum absolute atomic E-state index is 12.6. The minimum Gasteiger partial charge on any atom is -0.449 e. The molecule has 1 N–H and O–H groups in total. The molecule has 4 rings (SSSR count). The van der Waals surface area contributed by atoms with Crippen molar-refractivity contribution < 1.29 is 19.2 Å². The Bertz CT molecular complexity index is 1330. The van der Waals surface area contributed by atoms with Crippen molar-refractivity contribution in [3.05, 3.63) is 75.9 Å². The molecule has 1 atom stereocenters. The van der Waals surface area contributed by atoms with Gasteiger partial charge in [-0.05, 0) is 19.1 Å². The van der Waals surface area contributed by atoms with E-state index in [1.54, 1.807) is 35.7 Å². The quantitative estimate of drug-likeness (QED) is 0.266. The van der Waals surface area contributed by atoms with E-state index in [0.29, 0.717) is 22.3 Å². The molecule has 2 heterocycles. The number of benzene rings is 2. The van der Waals surface area contributed by atoms with Gasteiger partial charge in [-0.25, -0.2) is 9.78 Å². The molecule has 1 unspecified atom stereocenters. The summed E-state index contributed by atoms with van der Waals surface area (Å²) in [6.07, 6.45) is 1.89.